The maximum atomic E-state index is 13.1. The normalized spacial score (nSPS) is 16.4. The maximum absolute atomic E-state index is 13.1. The molecule has 4 rings (SSSR count). The molecule has 2 N–H and O–H groups in total. The molecule has 3 aromatic rings. The number of nitrogens with one attached hydrogen (secondary N) is 1. The summed E-state index contributed by atoms with van der Waals surface area (Å²) in [5.41, 5.74) is 1.72. The predicted octanol–water partition coefficient (Wildman–Crippen LogP) is 5.57. The Morgan fingerprint density at radius 2 is 1.93 bits per heavy atom. The van der Waals surface area contributed by atoms with Crippen LogP contribution < -0.4 is 10.5 Å². The second-order valence-corrected chi connectivity index (χ2v) is 7.57. The largest absolute Gasteiger partial charge is 0.492 e. The van der Waals surface area contributed by atoms with Gasteiger partial charge in [-0.3, -0.25) is 4.98 Å². The summed E-state index contributed by atoms with van der Waals surface area (Å²) in [4.78, 5) is 13.6. The Labute approximate surface area is 170 Å². The van der Waals surface area contributed by atoms with Crippen molar-refractivity contribution >= 4 is 0 Å². The standard InChI is InChI=1S/C22H20F3NO4/c1-11-9-18(12(2)8-17(11)22(23,24)25)29-14-6-7-15-13(10-14)4-3-5-16(15)19-20(27)26-21(28)30-19/h6-10,16,27H,3-5H2,1-2H3,(H,26,28)/t16-/m1/s1. The number of hydrogen-bond donors (Lipinski definition) is 2. The number of fused-ring (bicyclic) bond motifs is 1. The number of rotatable bonds is 3. The van der Waals surface area contributed by atoms with Crippen LogP contribution >= 0.6 is 0 Å². The summed E-state index contributed by atoms with van der Waals surface area (Å²) in [6, 6.07) is 7.90. The van der Waals surface area contributed by atoms with Gasteiger partial charge in [-0.15, -0.1) is 0 Å². The molecule has 0 amide bonds. The lowest BCUT2D eigenvalue weighted by Crippen LogP contribution is -2.11. The molecule has 5 nitrogen and oxygen atoms in total. The van der Waals surface area contributed by atoms with E-state index >= 15 is 0 Å². The van der Waals surface area contributed by atoms with Gasteiger partial charge in [0.1, 0.15) is 11.5 Å². The third-order valence-electron chi connectivity index (χ3n) is 5.46. The van der Waals surface area contributed by atoms with Crippen LogP contribution in [0.2, 0.25) is 0 Å². The minimum Gasteiger partial charge on any atom is -0.492 e. The second-order valence-electron chi connectivity index (χ2n) is 7.57. The van der Waals surface area contributed by atoms with Crippen molar-refractivity contribution in [1.82, 2.24) is 4.98 Å². The van der Waals surface area contributed by atoms with E-state index < -0.39 is 17.5 Å². The van der Waals surface area contributed by atoms with E-state index in [9.17, 15) is 23.1 Å². The summed E-state index contributed by atoms with van der Waals surface area (Å²) in [6.45, 7) is 2.98. The van der Waals surface area contributed by atoms with Crippen molar-refractivity contribution in [1.29, 1.82) is 0 Å². The van der Waals surface area contributed by atoms with Crippen molar-refractivity contribution < 1.29 is 27.4 Å². The van der Waals surface area contributed by atoms with Gasteiger partial charge in [-0.05, 0) is 79.6 Å². The van der Waals surface area contributed by atoms with Crippen LogP contribution in [-0.4, -0.2) is 10.1 Å². The first-order valence-corrected chi connectivity index (χ1v) is 9.54. The Hall–Kier alpha value is -3.16. The molecule has 0 saturated carbocycles. The number of halogens is 3. The van der Waals surface area contributed by atoms with E-state index in [1.807, 2.05) is 12.1 Å². The van der Waals surface area contributed by atoms with Crippen molar-refractivity contribution in [3.63, 3.8) is 0 Å². The lowest BCUT2D eigenvalue weighted by molar-refractivity contribution is -0.138. The highest BCUT2D eigenvalue weighted by atomic mass is 19.4. The Morgan fingerprint density at radius 1 is 1.17 bits per heavy atom. The van der Waals surface area contributed by atoms with Gasteiger partial charge in [0.05, 0.1) is 5.56 Å². The lowest BCUT2D eigenvalue weighted by atomic mass is 9.81. The number of oxazole rings is 1. The van der Waals surface area contributed by atoms with Gasteiger partial charge in [-0.1, -0.05) is 6.07 Å². The molecule has 0 bridgehead atoms. The highest BCUT2D eigenvalue weighted by Crippen LogP contribution is 2.41. The number of hydrogen-bond acceptors (Lipinski definition) is 4. The molecule has 0 spiro atoms. The zero-order valence-electron chi connectivity index (χ0n) is 16.4. The van der Waals surface area contributed by atoms with Crippen molar-refractivity contribution in [2.24, 2.45) is 0 Å². The summed E-state index contributed by atoms with van der Waals surface area (Å²) in [6.07, 6.45) is -2.08. The molecule has 8 heteroatoms. The maximum Gasteiger partial charge on any atom is 0.419 e. The SMILES string of the molecule is Cc1cc(C(F)(F)F)c(C)cc1Oc1ccc2c(c1)CCC[C@H]2c1oc(=O)[nH]c1O. The van der Waals surface area contributed by atoms with E-state index in [1.54, 1.807) is 13.0 Å². The highest BCUT2D eigenvalue weighted by molar-refractivity contribution is 5.48. The van der Waals surface area contributed by atoms with Crippen LogP contribution in [0.3, 0.4) is 0 Å². The van der Waals surface area contributed by atoms with Crippen LogP contribution in [-0.2, 0) is 12.6 Å². The van der Waals surface area contributed by atoms with E-state index in [0.29, 0.717) is 17.1 Å². The van der Waals surface area contributed by atoms with Gasteiger partial charge in [0, 0.05) is 5.92 Å². The van der Waals surface area contributed by atoms with Gasteiger partial charge in [0.25, 0.3) is 0 Å². The van der Waals surface area contributed by atoms with Gasteiger partial charge in [0.2, 0.25) is 5.88 Å². The van der Waals surface area contributed by atoms with Crippen molar-refractivity contribution in [2.45, 2.75) is 45.2 Å². The molecule has 1 atom stereocenters. The van der Waals surface area contributed by atoms with Crippen LogP contribution in [0, 0.1) is 13.8 Å². The molecule has 30 heavy (non-hydrogen) atoms. The number of H-pyrrole nitrogens is 1. The second kappa shape index (κ2) is 7.27. The number of aromatic amines is 1. The Balaban J connectivity index is 1.65. The summed E-state index contributed by atoms with van der Waals surface area (Å²) >= 11 is 0. The molecule has 1 aliphatic rings. The van der Waals surface area contributed by atoms with Gasteiger partial charge >= 0.3 is 11.9 Å². The molecule has 1 aliphatic carbocycles. The third kappa shape index (κ3) is 3.69. The first-order chi connectivity index (χ1) is 14.1. The third-order valence-corrected chi connectivity index (χ3v) is 5.46. The molecular formula is C22H20F3NO4. The van der Waals surface area contributed by atoms with Gasteiger partial charge in [-0.25, -0.2) is 4.79 Å². The molecule has 0 unspecified atom stereocenters. The smallest absolute Gasteiger partial charge is 0.419 e. The van der Waals surface area contributed by atoms with Crippen LogP contribution in [0.25, 0.3) is 0 Å². The van der Waals surface area contributed by atoms with Gasteiger partial charge in [-0.2, -0.15) is 13.2 Å². The average Bonchev–Trinajstić information content (AvgIpc) is 3.00. The molecule has 0 saturated heterocycles. The van der Waals surface area contributed by atoms with Crippen LogP contribution in [0.15, 0.2) is 39.5 Å². The Morgan fingerprint density at radius 3 is 2.60 bits per heavy atom. The van der Waals surface area contributed by atoms with Gasteiger partial charge in [0.15, 0.2) is 5.76 Å². The molecule has 0 aliphatic heterocycles. The fourth-order valence-electron chi connectivity index (χ4n) is 4.03. The van der Waals surface area contributed by atoms with Gasteiger partial charge < -0.3 is 14.3 Å². The topological polar surface area (TPSA) is 75.5 Å². The van der Waals surface area contributed by atoms with Crippen LogP contribution in [0.4, 0.5) is 13.2 Å². The van der Waals surface area contributed by atoms with Crippen molar-refractivity contribution in [2.75, 3.05) is 0 Å². The number of alkyl halides is 3. The quantitative estimate of drug-likeness (QED) is 0.582. The van der Waals surface area contributed by atoms with E-state index in [4.69, 9.17) is 9.15 Å². The van der Waals surface area contributed by atoms with E-state index in [-0.39, 0.29) is 23.1 Å². The Kier molecular flexibility index (Phi) is 4.88. The molecule has 2 aromatic carbocycles. The predicted molar refractivity (Wildman–Crippen MR) is 103 cm³/mol. The number of aryl methyl sites for hydroxylation is 3. The first-order valence-electron chi connectivity index (χ1n) is 9.54. The fourth-order valence-corrected chi connectivity index (χ4v) is 4.03. The minimum absolute atomic E-state index is 0.0964. The van der Waals surface area contributed by atoms with Crippen LogP contribution in [0.1, 0.15) is 52.3 Å². The zero-order chi connectivity index (χ0) is 21.6. The minimum atomic E-state index is -4.41. The van der Waals surface area contributed by atoms with Crippen molar-refractivity contribution in [3.8, 4) is 17.4 Å². The zero-order valence-corrected chi connectivity index (χ0v) is 16.4. The molecule has 0 fully saturated rings. The molecule has 1 heterocycles. The molecule has 158 valence electrons. The van der Waals surface area contributed by atoms with E-state index in [0.717, 1.165) is 36.5 Å². The number of aromatic hydroxyl groups is 1. The van der Waals surface area contributed by atoms with E-state index in [2.05, 4.69) is 4.98 Å². The average molecular weight is 419 g/mol. The molecule has 1 aromatic heterocycles. The monoisotopic (exact) mass is 419 g/mol. The molecular weight excluding hydrogens is 399 g/mol. The number of benzene rings is 2. The van der Waals surface area contributed by atoms with Crippen molar-refractivity contribution in [3.05, 3.63) is 74.5 Å². The number of ether oxygens (including phenoxy) is 1. The van der Waals surface area contributed by atoms with Crippen LogP contribution in [0.5, 0.6) is 17.4 Å². The summed E-state index contributed by atoms with van der Waals surface area (Å²) in [5, 5.41) is 9.94. The fraction of sp³-hybridized carbons (Fsp3) is 0.318. The summed E-state index contributed by atoms with van der Waals surface area (Å²) in [7, 11) is 0. The lowest BCUT2D eigenvalue weighted by Gasteiger charge is -2.24. The van der Waals surface area contributed by atoms with E-state index in [1.165, 1.54) is 13.0 Å². The summed E-state index contributed by atoms with van der Waals surface area (Å²) in [5.74, 6) is -0.143. The summed E-state index contributed by atoms with van der Waals surface area (Å²) < 4.78 is 50.3. The first kappa shape index (κ1) is 20.1. The Bertz CT molecular complexity index is 1160. The highest BCUT2D eigenvalue weighted by Gasteiger charge is 2.33. The molecule has 0 radical (unpaired) electrons. The number of aromatic nitrogens is 1.